The highest BCUT2D eigenvalue weighted by Crippen LogP contribution is 2.31. The van der Waals surface area contributed by atoms with Gasteiger partial charge in [0.2, 0.25) is 0 Å². The Balaban J connectivity index is 1.49. The molecule has 154 valence electrons. The lowest BCUT2D eigenvalue weighted by Crippen LogP contribution is -2.18. The van der Waals surface area contributed by atoms with Crippen molar-refractivity contribution in [3.8, 4) is 0 Å². The topological polar surface area (TPSA) is 76.1 Å². The van der Waals surface area contributed by atoms with Gasteiger partial charge in [-0.25, -0.2) is 13.4 Å². The molecule has 1 heterocycles. The second-order valence-corrected chi connectivity index (χ2v) is 10.5. The van der Waals surface area contributed by atoms with Crippen molar-refractivity contribution in [2.45, 2.75) is 45.8 Å². The number of sulfone groups is 1. The molecule has 1 aliphatic rings. The van der Waals surface area contributed by atoms with Gasteiger partial charge >= 0.3 is 0 Å². The van der Waals surface area contributed by atoms with Crippen molar-refractivity contribution in [3.63, 3.8) is 0 Å². The summed E-state index contributed by atoms with van der Waals surface area (Å²) in [7, 11) is -3.30. The normalized spacial score (nSPS) is 14.5. The summed E-state index contributed by atoms with van der Waals surface area (Å²) in [6.07, 6.45) is 5.04. The molecule has 30 heavy (non-hydrogen) atoms. The number of amides is 1. The molecule has 0 bridgehead atoms. The van der Waals surface area contributed by atoms with Gasteiger partial charge in [0.15, 0.2) is 9.84 Å². The van der Waals surface area contributed by atoms with Crippen LogP contribution in [0.2, 0.25) is 0 Å². The van der Waals surface area contributed by atoms with Crippen LogP contribution in [-0.4, -0.2) is 24.6 Å². The Kier molecular flexibility index (Phi) is 6.20. The first kappa shape index (κ1) is 20.6. The van der Waals surface area contributed by atoms with E-state index in [0.717, 1.165) is 30.6 Å². The van der Waals surface area contributed by atoms with E-state index in [1.54, 1.807) is 42.6 Å². The molecule has 1 N–H and O–H groups in total. The molecular formula is C23H22N2O3S2. The molecule has 1 fully saturated rings. The van der Waals surface area contributed by atoms with Crippen molar-refractivity contribution in [1.82, 2.24) is 4.98 Å². The maximum Gasteiger partial charge on any atom is 0.258 e. The molecule has 4 rings (SSSR count). The number of hydrogen-bond acceptors (Lipinski definition) is 5. The van der Waals surface area contributed by atoms with Gasteiger partial charge in [0.1, 0.15) is 5.03 Å². The zero-order chi connectivity index (χ0) is 21.0. The number of pyridine rings is 1. The van der Waals surface area contributed by atoms with Gasteiger partial charge in [-0.05, 0) is 61.4 Å². The minimum atomic E-state index is -3.30. The fraction of sp³-hybridized carbons (Fsp3) is 0.217. The lowest BCUT2D eigenvalue weighted by Gasteiger charge is -2.12. The molecule has 5 nitrogen and oxygen atoms in total. The van der Waals surface area contributed by atoms with Gasteiger partial charge in [0.05, 0.1) is 15.7 Å². The molecule has 0 saturated heterocycles. The summed E-state index contributed by atoms with van der Waals surface area (Å²) in [4.78, 5) is 18.5. The van der Waals surface area contributed by atoms with Gasteiger partial charge in [0.25, 0.3) is 5.91 Å². The number of anilines is 1. The van der Waals surface area contributed by atoms with Crippen molar-refractivity contribution in [2.75, 3.05) is 5.32 Å². The first-order valence-electron chi connectivity index (χ1n) is 9.87. The molecule has 1 amide bonds. The van der Waals surface area contributed by atoms with Crippen LogP contribution in [0.25, 0.3) is 0 Å². The van der Waals surface area contributed by atoms with E-state index in [2.05, 4.69) is 10.3 Å². The first-order valence-corrected chi connectivity index (χ1v) is 12.2. The summed E-state index contributed by atoms with van der Waals surface area (Å²) >= 11 is 1.42. The van der Waals surface area contributed by atoms with Crippen LogP contribution < -0.4 is 5.32 Å². The molecule has 0 aliphatic heterocycles. The summed E-state index contributed by atoms with van der Waals surface area (Å²) in [5.74, 6) is -0.284. The van der Waals surface area contributed by atoms with Crippen LogP contribution in [0, 0.1) is 0 Å². The van der Waals surface area contributed by atoms with Crippen molar-refractivity contribution in [3.05, 3.63) is 78.5 Å². The maximum absolute atomic E-state index is 12.8. The van der Waals surface area contributed by atoms with E-state index in [1.807, 2.05) is 30.3 Å². The predicted octanol–water partition coefficient (Wildman–Crippen LogP) is 5.20. The van der Waals surface area contributed by atoms with Gasteiger partial charge in [-0.1, -0.05) is 42.8 Å². The molecule has 3 aromatic rings. The fourth-order valence-electron chi connectivity index (χ4n) is 3.56. The lowest BCUT2D eigenvalue weighted by molar-refractivity contribution is 0.102. The number of rotatable bonds is 6. The second kappa shape index (κ2) is 9.02. The number of aromatic nitrogens is 1. The molecule has 0 unspecified atom stereocenters. The zero-order valence-corrected chi connectivity index (χ0v) is 18.0. The smallest absolute Gasteiger partial charge is 0.258 e. The Hall–Kier alpha value is -2.64. The number of nitrogens with one attached hydrogen (secondary N) is 1. The van der Waals surface area contributed by atoms with Crippen molar-refractivity contribution in [1.29, 1.82) is 0 Å². The Morgan fingerprint density at radius 2 is 1.63 bits per heavy atom. The van der Waals surface area contributed by atoms with Crippen LogP contribution in [0.15, 0.2) is 87.7 Å². The third-order valence-electron chi connectivity index (χ3n) is 5.16. The average Bonchev–Trinajstić information content (AvgIpc) is 3.31. The molecule has 0 radical (unpaired) electrons. The molecule has 0 spiro atoms. The average molecular weight is 439 g/mol. The van der Waals surface area contributed by atoms with Crippen LogP contribution >= 0.6 is 11.8 Å². The number of hydrogen-bond donors (Lipinski definition) is 1. The molecule has 1 aliphatic carbocycles. The summed E-state index contributed by atoms with van der Waals surface area (Å²) in [6, 6.07) is 19.6. The Morgan fingerprint density at radius 1 is 0.933 bits per heavy atom. The van der Waals surface area contributed by atoms with Crippen LogP contribution in [-0.2, 0) is 9.84 Å². The zero-order valence-electron chi connectivity index (χ0n) is 16.3. The maximum atomic E-state index is 12.8. The quantitative estimate of drug-likeness (QED) is 0.572. The molecule has 7 heteroatoms. The predicted molar refractivity (Wildman–Crippen MR) is 119 cm³/mol. The fourth-order valence-corrected chi connectivity index (χ4v) is 6.32. The highest BCUT2D eigenvalue weighted by Gasteiger charge is 2.30. The number of benzene rings is 2. The molecular weight excluding hydrogens is 416 g/mol. The Labute approximate surface area is 180 Å². The van der Waals surface area contributed by atoms with E-state index < -0.39 is 9.84 Å². The lowest BCUT2D eigenvalue weighted by atomic mass is 10.2. The SMILES string of the molecule is O=C(Nc1ccc(S(=O)(=O)C2CCCC2)cc1)c1cccnc1Sc1ccccc1. The van der Waals surface area contributed by atoms with Crippen molar-refractivity contribution < 1.29 is 13.2 Å². The number of nitrogens with zero attached hydrogens (tertiary/aromatic N) is 1. The molecule has 1 aromatic heterocycles. The van der Waals surface area contributed by atoms with Crippen LogP contribution in [0.5, 0.6) is 0 Å². The number of carbonyl (C=O) groups is 1. The van der Waals surface area contributed by atoms with Crippen molar-refractivity contribution in [2.24, 2.45) is 0 Å². The third-order valence-corrected chi connectivity index (χ3v) is 8.46. The highest BCUT2D eigenvalue weighted by molar-refractivity contribution is 7.99. The summed E-state index contributed by atoms with van der Waals surface area (Å²) in [5, 5.41) is 3.17. The Morgan fingerprint density at radius 3 is 2.33 bits per heavy atom. The summed E-state index contributed by atoms with van der Waals surface area (Å²) in [5.41, 5.74) is 1.01. The molecule has 2 aromatic carbocycles. The van der Waals surface area contributed by atoms with Crippen LogP contribution in [0.4, 0.5) is 5.69 Å². The standard InChI is InChI=1S/C23H22N2O3S2/c26-22(21-11-6-16-24-23(21)29-18-7-2-1-3-8-18)25-17-12-14-20(15-13-17)30(27,28)19-9-4-5-10-19/h1-3,6-8,11-16,19H,4-5,9-10H2,(H,25,26). The minimum Gasteiger partial charge on any atom is -0.322 e. The van der Waals surface area contributed by atoms with Gasteiger partial charge < -0.3 is 5.32 Å². The highest BCUT2D eigenvalue weighted by atomic mass is 32.2. The minimum absolute atomic E-state index is 0.284. The van der Waals surface area contributed by atoms with E-state index in [9.17, 15) is 13.2 Å². The summed E-state index contributed by atoms with van der Waals surface area (Å²) in [6.45, 7) is 0. The third kappa shape index (κ3) is 4.57. The first-order chi connectivity index (χ1) is 14.5. The van der Waals surface area contributed by atoms with Gasteiger partial charge in [-0.3, -0.25) is 4.79 Å². The Bertz CT molecular complexity index is 1120. The van der Waals surface area contributed by atoms with Crippen LogP contribution in [0.1, 0.15) is 36.0 Å². The van der Waals surface area contributed by atoms with E-state index in [4.69, 9.17) is 0 Å². The van der Waals surface area contributed by atoms with E-state index in [0.29, 0.717) is 21.2 Å². The molecule has 0 atom stereocenters. The van der Waals surface area contributed by atoms with Gasteiger partial charge in [0, 0.05) is 16.8 Å². The van der Waals surface area contributed by atoms with E-state index in [-0.39, 0.29) is 11.2 Å². The number of carbonyl (C=O) groups excluding carboxylic acids is 1. The van der Waals surface area contributed by atoms with E-state index in [1.165, 1.54) is 11.8 Å². The van der Waals surface area contributed by atoms with Gasteiger partial charge in [-0.2, -0.15) is 0 Å². The van der Waals surface area contributed by atoms with Crippen LogP contribution in [0.3, 0.4) is 0 Å². The second-order valence-electron chi connectivity index (χ2n) is 7.20. The van der Waals surface area contributed by atoms with E-state index >= 15 is 0 Å². The van der Waals surface area contributed by atoms with Crippen molar-refractivity contribution >= 4 is 33.2 Å². The monoisotopic (exact) mass is 438 g/mol. The van der Waals surface area contributed by atoms with Gasteiger partial charge in [-0.15, -0.1) is 0 Å². The largest absolute Gasteiger partial charge is 0.322 e. The molecule has 1 saturated carbocycles. The summed E-state index contributed by atoms with van der Waals surface area (Å²) < 4.78 is 25.4.